The summed E-state index contributed by atoms with van der Waals surface area (Å²) >= 11 is 1.29. The van der Waals surface area contributed by atoms with E-state index in [-0.39, 0.29) is 5.41 Å². The molecule has 1 aromatic carbocycles. The smallest absolute Gasteiger partial charge is 0.117 e. The molecule has 1 N–H and O–H groups in total. The zero-order chi connectivity index (χ0) is 15.0. The second-order valence-electron chi connectivity index (χ2n) is 6.93. The lowest BCUT2D eigenvalue weighted by molar-refractivity contribution is 0.221. The molecule has 3 rings (SSSR count). The number of nitrogens with zero attached hydrogens (tertiary/aromatic N) is 2. The summed E-state index contributed by atoms with van der Waals surface area (Å²) in [5.74, 6) is 0.728. The van der Waals surface area contributed by atoms with Gasteiger partial charge in [-0.05, 0) is 41.4 Å². The Morgan fingerprint density at radius 2 is 1.86 bits per heavy atom. The van der Waals surface area contributed by atoms with Crippen molar-refractivity contribution in [2.45, 2.75) is 57.5 Å². The molecular weight excluding hydrogens is 280 g/mol. The normalized spacial score (nSPS) is 17.5. The molecule has 1 saturated carbocycles. The van der Waals surface area contributed by atoms with E-state index in [1.54, 1.807) is 0 Å². The molecule has 4 heteroatoms. The highest BCUT2D eigenvalue weighted by molar-refractivity contribution is 7.05. The lowest BCUT2D eigenvalue weighted by Gasteiger charge is -2.26. The molecule has 0 aliphatic heterocycles. The van der Waals surface area contributed by atoms with Gasteiger partial charge >= 0.3 is 0 Å². The number of aliphatic hydroxyl groups is 1. The minimum atomic E-state index is -0.630. The Hall–Kier alpha value is -1.26. The van der Waals surface area contributed by atoms with Crippen molar-refractivity contribution in [2.75, 3.05) is 0 Å². The number of hydrogen-bond acceptors (Lipinski definition) is 4. The Bertz CT molecular complexity index is 608. The SMILES string of the molecule is CC(C)(C)c1nnsc1C(O)c1ccc(C2CCC2)cc1. The third-order valence-electron chi connectivity index (χ3n) is 4.30. The van der Waals surface area contributed by atoms with E-state index in [2.05, 4.69) is 42.5 Å². The molecular formula is C17H22N2OS. The molecule has 1 aromatic heterocycles. The average Bonchev–Trinajstić information content (AvgIpc) is 2.86. The first-order valence-electron chi connectivity index (χ1n) is 7.57. The van der Waals surface area contributed by atoms with E-state index in [1.165, 1.54) is 36.4 Å². The van der Waals surface area contributed by atoms with E-state index in [9.17, 15) is 5.11 Å². The van der Waals surface area contributed by atoms with Crippen molar-refractivity contribution < 1.29 is 5.11 Å². The zero-order valence-corrected chi connectivity index (χ0v) is 13.7. The molecule has 21 heavy (non-hydrogen) atoms. The zero-order valence-electron chi connectivity index (χ0n) is 12.8. The van der Waals surface area contributed by atoms with Gasteiger partial charge in [-0.2, -0.15) is 0 Å². The van der Waals surface area contributed by atoms with Crippen LogP contribution in [0.5, 0.6) is 0 Å². The molecule has 0 radical (unpaired) electrons. The quantitative estimate of drug-likeness (QED) is 0.925. The third kappa shape index (κ3) is 2.87. The maximum absolute atomic E-state index is 10.7. The molecule has 0 saturated heterocycles. The van der Waals surface area contributed by atoms with Crippen LogP contribution in [0.4, 0.5) is 0 Å². The predicted molar refractivity (Wildman–Crippen MR) is 85.7 cm³/mol. The fourth-order valence-electron chi connectivity index (χ4n) is 2.74. The average molecular weight is 302 g/mol. The molecule has 112 valence electrons. The first kappa shape index (κ1) is 14.7. The van der Waals surface area contributed by atoms with Crippen LogP contribution in [0, 0.1) is 0 Å². The maximum atomic E-state index is 10.7. The van der Waals surface area contributed by atoms with Crippen LogP contribution in [-0.4, -0.2) is 14.7 Å². The Morgan fingerprint density at radius 3 is 2.38 bits per heavy atom. The summed E-state index contributed by atoms with van der Waals surface area (Å²) in [5, 5.41) is 14.9. The van der Waals surface area contributed by atoms with Crippen LogP contribution in [0.1, 0.15) is 73.8 Å². The van der Waals surface area contributed by atoms with E-state index >= 15 is 0 Å². The van der Waals surface area contributed by atoms with Crippen molar-refractivity contribution in [1.82, 2.24) is 9.59 Å². The van der Waals surface area contributed by atoms with E-state index in [0.717, 1.165) is 22.1 Å². The summed E-state index contributed by atoms with van der Waals surface area (Å²) in [7, 11) is 0. The van der Waals surface area contributed by atoms with Gasteiger partial charge in [-0.15, -0.1) is 5.10 Å². The number of aromatic nitrogens is 2. The second-order valence-corrected chi connectivity index (χ2v) is 7.72. The molecule has 0 amide bonds. The highest BCUT2D eigenvalue weighted by atomic mass is 32.1. The highest BCUT2D eigenvalue weighted by Gasteiger charge is 2.27. The molecule has 1 aliphatic carbocycles. The van der Waals surface area contributed by atoms with Crippen molar-refractivity contribution in [1.29, 1.82) is 0 Å². The van der Waals surface area contributed by atoms with Gasteiger partial charge in [0.15, 0.2) is 0 Å². The predicted octanol–water partition coefficient (Wildman–Crippen LogP) is 4.18. The summed E-state index contributed by atoms with van der Waals surface area (Å²) in [6, 6.07) is 8.41. The summed E-state index contributed by atoms with van der Waals surface area (Å²) in [4.78, 5) is 0.860. The molecule has 3 nitrogen and oxygen atoms in total. The van der Waals surface area contributed by atoms with Gasteiger partial charge in [0.1, 0.15) is 6.10 Å². The molecule has 2 aromatic rings. The van der Waals surface area contributed by atoms with Gasteiger partial charge in [0.05, 0.1) is 10.6 Å². The van der Waals surface area contributed by atoms with Gasteiger partial charge < -0.3 is 5.11 Å². The Labute approximate surface area is 130 Å². The highest BCUT2D eigenvalue weighted by Crippen LogP contribution is 2.38. The van der Waals surface area contributed by atoms with Gasteiger partial charge in [0, 0.05) is 5.41 Å². The number of benzene rings is 1. The van der Waals surface area contributed by atoms with Crippen LogP contribution in [0.15, 0.2) is 24.3 Å². The van der Waals surface area contributed by atoms with Gasteiger partial charge in [-0.3, -0.25) is 0 Å². The standard InChI is InChI=1S/C17H22N2OS/c1-17(2,3)16-15(21-19-18-16)14(20)13-9-7-12(8-10-13)11-5-4-6-11/h7-11,14,20H,4-6H2,1-3H3. The number of hydrogen-bond donors (Lipinski definition) is 1. The Kier molecular flexibility index (Phi) is 3.84. The molecule has 1 atom stereocenters. The third-order valence-corrected chi connectivity index (χ3v) is 5.08. The summed E-state index contributed by atoms with van der Waals surface area (Å²) < 4.78 is 4.04. The fourth-order valence-corrected chi connectivity index (χ4v) is 3.62. The number of rotatable bonds is 3. The second kappa shape index (κ2) is 5.50. The van der Waals surface area contributed by atoms with Crippen LogP contribution >= 0.6 is 11.5 Å². The lowest BCUT2D eigenvalue weighted by atomic mass is 9.80. The largest absolute Gasteiger partial charge is 0.383 e. The molecule has 0 bridgehead atoms. The first-order chi connectivity index (χ1) is 9.97. The topological polar surface area (TPSA) is 46.0 Å². The van der Waals surface area contributed by atoms with Gasteiger partial charge in [-0.1, -0.05) is 55.9 Å². The van der Waals surface area contributed by atoms with Gasteiger partial charge in [-0.25, -0.2) is 0 Å². The number of aliphatic hydroxyl groups excluding tert-OH is 1. The van der Waals surface area contributed by atoms with Crippen LogP contribution in [0.2, 0.25) is 0 Å². The van der Waals surface area contributed by atoms with Crippen LogP contribution in [-0.2, 0) is 5.41 Å². The summed E-state index contributed by atoms with van der Waals surface area (Å²) in [5.41, 5.74) is 3.11. The Balaban J connectivity index is 1.85. The van der Waals surface area contributed by atoms with Crippen molar-refractivity contribution in [3.8, 4) is 0 Å². The van der Waals surface area contributed by atoms with Crippen molar-refractivity contribution in [3.63, 3.8) is 0 Å². The fraction of sp³-hybridized carbons (Fsp3) is 0.529. The van der Waals surface area contributed by atoms with Crippen LogP contribution in [0.25, 0.3) is 0 Å². The Morgan fingerprint density at radius 1 is 1.19 bits per heavy atom. The summed E-state index contributed by atoms with van der Waals surface area (Å²) in [6.07, 6.45) is 3.31. The lowest BCUT2D eigenvalue weighted by Crippen LogP contribution is -2.16. The molecule has 1 heterocycles. The molecule has 0 spiro atoms. The molecule has 1 unspecified atom stereocenters. The van der Waals surface area contributed by atoms with Gasteiger partial charge in [0.25, 0.3) is 0 Å². The van der Waals surface area contributed by atoms with E-state index < -0.39 is 6.10 Å². The van der Waals surface area contributed by atoms with Gasteiger partial charge in [0.2, 0.25) is 0 Å². The monoisotopic (exact) mass is 302 g/mol. The van der Waals surface area contributed by atoms with Crippen LogP contribution < -0.4 is 0 Å². The van der Waals surface area contributed by atoms with Crippen molar-refractivity contribution in [2.24, 2.45) is 0 Å². The van der Waals surface area contributed by atoms with Crippen LogP contribution in [0.3, 0.4) is 0 Å². The minimum Gasteiger partial charge on any atom is -0.383 e. The first-order valence-corrected chi connectivity index (χ1v) is 8.35. The summed E-state index contributed by atoms with van der Waals surface area (Å²) in [6.45, 7) is 6.29. The minimum absolute atomic E-state index is 0.102. The molecule has 1 fully saturated rings. The molecule has 1 aliphatic rings. The van der Waals surface area contributed by atoms with E-state index in [4.69, 9.17) is 0 Å². The van der Waals surface area contributed by atoms with Crippen molar-refractivity contribution in [3.05, 3.63) is 46.0 Å². The van der Waals surface area contributed by atoms with E-state index in [0.29, 0.717) is 0 Å². The van der Waals surface area contributed by atoms with Crippen molar-refractivity contribution >= 4 is 11.5 Å². The van der Waals surface area contributed by atoms with E-state index in [1.807, 2.05) is 12.1 Å². The maximum Gasteiger partial charge on any atom is 0.117 e.